The van der Waals surface area contributed by atoms with Gasteiger partial charge in [-0.15, -0.1) is 0 Å². The molecule has 4 atom stereocenters. The Labute approximate surface area is 117 Å². The third-order valence-corrected chi connectivity index (χ3v) is 5.43. The molecule has 4 unspecified atom stereocenters. The van der Waals surface area contributed by atoms with Crippen molar-refractivity contribution in [1.82, 2.24) is 0 Å². The molecule has 0 bridgehead atoms. The van der Waals surface area contributed by atoms with Crippen molar-refractivity contribution in [2.75, 3.05) is 0 Å². The van der Waals surface area contributed by atoms with Gasteiger partial charge in [0, 0.05) is 0 Å². The molecular formula is C18H26O. The maximum atomic E-state index is 10.5. The van der Waals surface area contributed by atoms with Crippen molar-refractivity contribution in [2.45, 2.75) is 63.9 Å². The van der Waals surface area contributed by atoms with E-state index in [1.54, 1.807) is 0 Å². The molecular weight excluding hydrogens is 232 g/mol. The average Bonchev–Trinajstić information content (AvgIpc) is 2.44. The van der Waals surface area contributed by atoms with E-state index in [1.165, 1.54) is 49.7 Å². The third-order valence-electron chi connectivity index (χ3n) is 5.43. The summed E-state index contributed by atoms with van der Waals surface area (Å²) in [7, 11) is 0. The lowest BCUT2D eigenvalue weighted by molar-refractivity contribution is 0.0540. The molecule has 1 fully saturated rings. The van der Waals surface area contributed by atoms with Gasteiger partial charge in [0.05, 0.1) is 6.10 Å². The van der Waals surface area contributed by atoms with Gasteiger partial charge in [0.25, 0.3) is 0 Å². The number of aliphatic hydroxyl groups excluding tert-OH is 1. The number of fused-ring (bicyclic) bond motifs is 1. The van der Waals surface area contributed by atoms with Gasteiger partial charge in [-0.2, -0.15) is 0 Å². The van der Waals surface area contributed by atoms with E-state index >= 15 is 0 Å². The molecule has 1 N–H and O–H groups in total. The summed E-state index contributed by atoms with van der Waals surface area (Å²) in [5.74, 6) is 2.04. The molecule has 19 heavy (non-hydrogen) atoms. The zero-order valence-corrected chi connectivity index (χ0v) is 12.0. The Kier molecular flexibility index (Phi) is 3.93. The van der Waals surface area contributed by atoms with Gasteiger partial charge in [-0.05, 0) is 54.6 Å². The summed E-state index contributed by atoms with van der Waals surface area (Å²) in [5.41, 5.74) is 2.99. The fraction of sp³-hybridized carbons (Fsp3) is 0.667. The largest absolute Gasteiger partial charge is 0.393 e. The first-order valence-electron chi connectivity index (χ1n) is 8.03. The zero-order chi connectivity index (χ0) is 13.2. The molecule has 3 rings (SSSR count). The lowest BCUT2D eigenvalue weighted by atomic mass is 9.70. The van der Waals surface area contributed by atoms with Crippen molar-refractivity contribution >= 4 is 0 Å². The second-order valence-corrected chi connectivity index (χ2v) is 6.60. The maximum Gasteiger partial charge on any atom is 0.0574 e. The predicted molar refractivity (Wildman–Crippen MR) is 79.2 cm³/mol. The van der Waals surface area contributed by atoms with Crippen molar-refractivity contribution in [3.05, 3.63) is 35.4 Å². The van der Waals surface area contributed by atoms with E-state index in [9.17, 15) is 5.11 Å². The van der Waals surface area contributed by atoms with Crippen LogP contribution in [-0.2, 0) is 6.42 Å². The Hall–Kier alpha value is -0.820. The first-order chi connectivity index (χ1) is 9.28. The Morgan fingerprint density at radius 2 is 2.11 bits per heavy atom. The number of hydrogen-bond acceptors (Lipinski definition) is 1. The third kappa shape index (κ3) is 2.72. The van der Waals surface area contributed by atoms with Crippen LogP contribution in [0.25, 0.3) is 0 Å². The molecule has 0 aliphatic heterocycles. The number of hydrogen-bond donors (Lipinski definition) is 1. The van der Waals surface area contributed by atoms with Crippen LogP contribution in [0.3, 0.4) is 0 Å². The van der Waals surface area contributed by atoms with Crippen molar-refractivity contribution < 1.29 is 5.11 Å². The van der Waals surface area contributed by atoms with Crippen LogP contribution in [-0.4, -0.2) is 11.2 Å². The molecule has 1 aromatic carbocycles. The summed E-state index contributed by atoms with van der Waals surface area (Å²) in [6.45, 7) is 2.29. The van der Waals surface area contributed by atoms with Crippen LogP contribution in [0.2, 0.25) is 0 Å². The Bertz CT molecular complexity index is 425. The summed E-state index contributed by atoms with van der Waals surface area (Å²) in [4.78, 5) is 0. The van der Waals surface area contributed by atoms with Gasteiger partial charge in [0.15, 0.2) is 0 Å². The van der Waals surface area contributed by atoms with Crippen LogP contribution < -0.4 is 0 Å². The lowest BCUT2D eigenvalue weighted by Crippen LogP contribution is -2.30. The standard InChI is InChI=1S/C18H26O/c1-2-13-6-5-8-15(10-13)18(19)12-16-11-14-7-3-4-9-17(14)16/h3-4,7,9,13,15-16,18-19H,2,5-6,8,10-12H2,1H3. The predicted octanol–water partition coefficient (Wildman–Crippen LogP) is 4.29. The fourth-order valence-electron chi connectivity index (χ4n) is 4.11. The highest BCUT2D eigenvalue weighted by molar-refractivity contribution is 5.39. The van der Waals surface area contributed by atoms with Gasteiger partial charge in [-0.1, -0.05) is 50.5 Å². The summed E-state index contributed by atoms with van der Waals surface area (Å²) >= 11 is 0. The van der Waals surface area contributed by atoms with Gasteiger partial charge < -0.3 is 5.11 Å². The highest BCUT2D eigenvalue weighted by atomic mass is 16.3. The van der Waals surface area contributed by atoms with E-state index in [0.717, 1.165) is 12.3 Å². The summed E-state index contributed by atoms with van der Waals surface area (Å²) < 4.78 is 0. The molecule has 1 heteroatoms. The zero-order valence-electron chi connectivity index (χ0n) is 12.0. The van der Waals surface area contributed by atoms with E-state index in [-0.39, 0.29) is 6.10 Å². The van der Waals surface area contributed by atoms with Crippen LogP contribution in [0.5, 0.6) is 0 Å². The molecule has 0 spiro atoms. The van der Waals surface area contributed by atoms with Crippen molar-refractivity contribution in [3.8, 4) is 0 Å². The smallest absolute Gasteiger partial charge is 0.0574 e. The lowest BCUT2D eigenvalue weighted by Gasteiger charge is -2.36. The normalized spacial score (nSPS) is 31.4. The molecule has 0 aromatic heterocycles. The maximum absolute atomic E-state index is 10.5. The summed E-state index contributed by atoms with van der Waals surface area (Å²) in [6.07, 6.45) is 8.57. The Morgan fingerprint density at radius 1 is 1.26 bits per heavy atom. The van der Waals surface area contributed by atoms with E-state index in [2.05, 4.69) is 31.2 Å². The summed E-state index contributed by atoms with van der Waals surface area (Å²) in [6, 6.07) is 8.72. The average molecular weight is 258 g/mol. The van der Waals surface area contributed by atoms with Crippen molar-refractivity contribution in [2.24, 2.45) is 11.8 Å². The molecule has 0 amide bonds. The fourth-order valence-corrected chi connectivity index (χ4v) is 4.11. The van der Waals surface area contributed by atoms with Crippen LogP contribution in [0, 0.1) is 11.8 Å². The Balaban J connectivity index is 1.56. The van der Waals surface area contributed by atoms with Gasteiger partial charge >= 0.3 is 0 Å². The molecule has 0 radical (unpaired) electrons. The van der Waals surface area contributed by atoms with Crippen LogP contribution in [0.1, 0.15) is 62.5 Å². The van der Waals surface area contributed by atoms with E-state index in [1.807, 2.05) is 0 Å². The number of benzene rings is 1. The molecule has 1 saturated carbocycles. The van der Waals surface area contributed by atoms with Gasteiger partial charge in [-0.25, -0.2) is 0 Å². The van der Waals surface area contributed by atoms with E-state index in [4.69, 9.17) is 0 Å². The van der Waals surface area contributed by atoms with E-state index in [0.29, 0.717) is 11.8 Å². The molecule has 0 saturated heterocycles. The second-order valence-electron chi connectivity index (χ2n) is 6.60. The minimum Gasteiger partial charge on any atom is -0.393 e. The SMILES string of the molecule is CCC1CCCC(C(O)CC2Cc3ccccc32)C1. The minimum atomic E-state index is -0.0762. The molecule has 2 aliphatic rings. The first kappa shape index (κ1) is 13.2. The summed E-state index contributed by atoms with van der Waals surface area (Å²) in [5, 5.41) is 10.5. The van der Waals surface area contributed by atoms with Crippen molar-refractivity contribution in [3.63, 3.8) is 0 Å². The van der Waals surface area contributed by atoms with Crippen molar-refractivity contribution in [1.29, 1.82) is 0 Å². The van der Waals surface area contributed by atoms with E-state index < -0.39 is 0 Å². The molecule has 1 aromatic rings. The number of aliphatic hydroxyl groups is 1. The molecule has 2 aliphatic carbocycles. The number of rotatable bonds is 4. The topological polar surface area (TPSA) is 20.2 Å². The monoisotopic (exact) mass is 258 g/mol. The first-order valence-corrected chi connectivity index (χ1v) is 8.03. The van der Waals surface area contributed by atoms with Crippen LogP contribution >= 0.6 is 0 Å². The Morgan fingerprint density at radius 3 is 2.89 bits per heavy atom. The highest BCUT2D eigenvalue weighted by Gasteiger charge is 2.32. The second kappa shape index (κ2) is 5.66. The van der Waals surface area contributed by atoms with Crippen LogP contribution in [0.15, 0.2) is 24.3 Å². The quantitative estimate of drug-likeness (QED) is 0.854. The van der Waals surface area contributed by atoms with Gasteiger partial charge in [-0.3, -0.25) is 0 Å². The van der Waals surface area contributed by atoms with Crippen LogP contribution in [0.4, 0.5) is 0 Å². The molecule has 104 valence electrons. The molecule has 0 heterocycles. The minimum absolute atomic E-state index is 0.0762. The van der Waals surface area contributed by atoms with Gasteiger partial charge in [0.2, 0.25) is 0 Å². The van der Waals surface area contributed by atoms with Gasteiger partial charge in [0.1, 0.15) is 0 Å². The highest BCUT2D eigenvalue weighted by Crippen LogP contribution is 2.41. The molecule has 1 nitrogen and oxygen atoms in total.